The number of nitrogens with zero attached hydrogens (tertiary/aromatic N) is 3. The van der Waals surface area contributed by atoms with Gasteiger partial charge < -0.3 is 4.42 Å². The van der Waals surface area contributed by atoms with E-state index in [1.54, 1.807) is 0 Å². The number of hydrogen-bond donors (Lipinski definition) is 0. The largest absolute Gasteiger partial charge is 0.409 e. The Hall–Kier alpha value is -1.06. The van der Waals surface area contributed by atoms with E-state index in [2.05, 4.69) is 37.0 Å². The fourth-order valence-electron chi connectivity index (χ4n) is 0.255. The van der Waals surface area contributed by atoms with E-state index in [0.717, 1.165) is 0 Å². The van der Waals surface area contributed by atoms with Crippen molar-refractivity contribution in [3.8, 4) is 0 Å². The second-order valence-electron chi connectivity index (χ2n) is 0.924. The molecule has 0 saturated heterocycles. The third-order valence-corrected chi connectivity index (χ3v) is 0.581. The summed E-state index contributed by atoms with van der Waals surface area (Å²) in [5.41, 5.74) is 0. The number of aromatic nitrogens is 2. The van der Waals surface area contributed by atoms with Crippen molar-refractivity contribution in [1.29, 1.82) is 0 Å². The molecule has 0 aliphatic rings. The van der Waals surface area contributed by atoms with Gasteiger partial charge in [0.15, 0.2) is 0 Å². The minimum Gasteiger partial charge on any atom is -0.409 e. The van der Waals surface area contributed by atoms with Crippen LogP contribution in [0.1, 0.15) is 0 Å². The zero-order valence-electron chi connectivity index (χ0n) is 3.74. The van der Waals surface area contributed by atoms with Crippen LogP contribution in [0.2, 0.25) is 0 Å². The fraction of sp³-hybridized carbons (Fsp3) is 0. The van der Waals surface area contributed by atoms with Crippen LogP contribution in [0.15, 0.2) is 15.8 Å². The van der Waals surface area contributed by atoms with Crippen LogP contribution in [0.5, 0.6) is 0 Å². The van der Waals surface area contributed by atoms with Crippen LogP contribution in [-0.4, -0.2) is 15.4 Å². The van der Waals surface area contributed by atoms with Gasteiger partial charge in [-0.05, 0) is 12.2 Å². The van der Waals surface area contributed by atoms with Crippen LogP contribution in [0.3, 0.4) is 0 Å². The Morgan fingerprint density at radius 2 is 2.75 bits per heavy atom. The zero-order chi connectivity index (χ0) is 5.82. The number of rotatable bonds is 1. The molecule has 0 atom stereocenters. The maximum absolute atomic E-state index is 4.56. The molecule has 0 fully saturated rings. The SMILES string of the molecule is S=C=Nc1nnco1. The van der Waals surface area contributed by atoms with Crippen molar-refractivity contribution in [3.05, 3.63) is 6.39 Å². The smallest absolute Gasteiger partial charge is 0.351 e. The van der Waals surface area contributed by atoms with E-state index >= 15 is 0 Å². The molecule has 0 bridgehead atoms. The predicted molar refractivity (Wildman–Crippen MR) is 29.0 cm³/mol. The van der Waals surface area contributed by atoms with Gasteiger partial charge in [0, 0.05) is 0 Å². The summed E-state index contributed by atoms with van der Waals surface area (Å²) in [6, 6.07) is 0.139. The highest BCUT2D eigenvalue weighted by Crippen LogP contribution is 2.00. The van der Waals surface area contributed by atoms with Gasteiger partial charge in [-0.3, -0.25) is 0 Å². The second kappa shape index (κ2) is 2.30. The molecule has 0 aliphatic heterocycles. The Morgan fingerprint density at radius 3 is 3.25 bits per heavy atom. The third-order valence-electron chi connectivity index (χ3n) is 0.490. The maximum atomic E-state index is 4.56. The molecule has 40 valence electrons. The van der Waals surface area contributed by atoms with Crippen molar-refractivity contribution in [2.75, 3.05) is 0 Å². The number of hydrogen-bond acceptors (Lipinski definition) is 5. The molecule has 0 aliphatic carbocycles. The highest BCUT2D eigenvalue weighted by molar-refractivity contribution is 7.78. The van der Waals surface area contributed by atoms with E-state index in [0.29, 0.717) is 0 Å². The zero-order valence-corrected chi connectivity index (χ0v) is 4.55. The summed E-state index contributed by atoms with van der Waals surface area (Å²) in [5.74, 6) is 0. The van der Waals surface area contributed by atoms with E-state index in [4.69, 9.17) is 0 Å². The van der Waals surface area contributed by atoms with Gasteiger partial charge in [-0.25, -0.2) is 0 Å². The summed E-state index contributed by atoms with van der Waals surface area (Å²) in [5, 5.41) is 8.82. The molecule has 1 heterocycles. The predicted octanol–water partition coefficient (Wildman–Crippen LogP) is 0.804. The number of aliphatic imine (C=N–C) groups is 1. The Morgan fingerprint density at radius 1 is 1.88 bits per heavy atom. The molecule has 0 radical (unpaired) electrons. The fourth-order valence-corrected chi connectivity index (χ4v) is 0.333. The van der Waals surface area contributed by atoms with Crippen LogP contribution in [0.4, 0.5) is 6.01 Å². The molecule has 0 spiro atoms. The van der Waals surface area contributed by atoms with Gasteiger partial charge >= 0.3 is 6.01 Å². The lowest BCUT2D eigenvalue weighted by molar-refractivity contribution is 0.565. The molecule has 1 aromatic rings. The minimum atomic E-state index is 0.139. The molecule has 5 heteroatoms. The molecule has 8 heavy (non-hydrogen) atoms. The monoisotopic (exact) mass is 127 g/mol. The topological polar surface area (TPSA) is 51.3 Å². The van der Waals surface area contributed by atoms with Crippen LogP contribution in [-0.2, 0) is 0 Å². The van der Waals surface area contributed by atoms with E-state index in [-0.39, 0.29) is 6.01 Å². The van der Waals surface area contributed by atoms with Crippen LogP contribution in [0, 0.1) is 0 Å². The molecule has 4 nitrogen and oxygen atoms in total. The second-order valence-corrected chi connectivity index (χ2v) is 1.11. The maximum Gasteiger partial charge on any atom is 0.351 e. The van der Waals surface area contributed by atoms with Gasteiger partial charge in [0.05, 0.1) is 5.16 Å². The van der Waals surface area contributed by atoms with Gasteiger partial charge in [-0.1, -0.05) is 5.10 Å². The molecule has 0 unspecified atom stereocenters. The molecule has 0 N–H and O–H groups in total. The standard InChI is InChI=1S/C3HN3OS/c8-2-4-3-6-5-1-7-3/h1H. The first-order valence-corrected chi connectivity index (χ1v) is 2.18. The summed E-state index contributed by atoms with van der Waals surface area (Å²) < 4.78 is 4.56. The molecular formula is C3HN3OS. The summed E-state index contributed by atoms with van der Waals surface area (Å²) in [7, 11) is 0. The Kier molecular flexibility index (Phi) is 1.46. The Bertz CT molecular complexity index is 200. The first-order chi connectivity index (χ1) is 3.93. The lowest BCUT2D eigenvalue weighted by Gasteiger charge is -1.67. The third kappa shape index (κ3) is 0.959. The van der Waals surface area contributed by atoms with Crippen LogP contribution < -0.4 is 0 Å². The van der Waals surface area contributed by atoms with Crippen molar-refractivity contribution in [2.45, 2.75) is 0 Å². The van der Waals surface area contributed by atoms with Crippen molar-refractivity contribution < 1.29 is 4.42 Å². The van der Waals surface area contributed by atoms with Crippen LogP contribution in [0.25, 0.3) is 0 Å². The van der Waals surface area contributed by atoms with E-state index in [1.165, 1.54) is 6.39 Å². The highest BCUT2D eigenvalue weighted by atomic mass is 32.1. The molecule has 0 saturated carbocycles. The molecule has 0 amide bonds. The van der Waals surface area contributed by atoms with Gasteiger partial charge in [-0.2, -0.15) is 0 Å². The van der Waals surface area contributed by atoms with E-state index in [1.807, 2.05) is 0 Å². The van der Waals surface area contributed by atoms with Gasteiger partial charge in [0.1, 0.15) is 0 Å². The Labute approximate surface area is 50.3 Å². The van der Waals surface area contributed by atoms with Gasteiger partial charge in [0.25, 0.3) is 0 Å². The number of isothiocyanates is 1. The first kappa shape index (κ1) is 5.08. The average Bonchev–Trinajstić information content (AvgIpc) is 2.19. The van der Waals surface area contributed by atoms with E-state index in [9.17, 15) is 0 Å². The summed E-state index contributed by atoms with van der Waals surface area (Å²) in [6.45, 7) is 0. The van der Waals surface area contributed by atoms with E-state index < -0.39 is 0 Å². The van der Waals surface area contributed by atoms with Crippen molar-refractivity contribution in [3.63, 3.8) is 0 Å². The molecule has 0 aromatic carbocycles. The lowest BCUT2D eigenvalue weighted by atomic mass is 11.2. The molecule has 1 rings (SSSR count). The average molecular weight is 127 g/mol. The lowest BCUT2D eigenvalue weighted by Crippen LogP contribution is -1.60. The van der Waals surface area contributed by atoms with Crippen molar-refractivity contribution >= 4 is 23.4 Å². The first-order valence-electron chi connectivity index (χ1n) is 1.77. The summed E-state index contributed by atoms with van der Waals surface area (Å²) >= 11 is 4.26. The van der Waals surface area contributed by atoms with Crippen LogP contribution >= 0.6 is 12.2 Å². The number of thiocarbonyl (C=S) groups is 1. The van der Waals surface area contributed by atoms with Crippen molar-refractivity contribution in [2.24, 2.45) is 4.99 Å². The minimum absolute atomic E-state index is 0.139. The van der Waals surface area contributed by atoms with Gasteiger partial charge in [-0.15, -0.1) is 10.1 Å². The highest BCUT2D eigenvalue weighted by Gasteiger charge is 1.87. The molecular weight excluding hydrogens is 126 g/mol. The summed E-state index contributed by atoms with van der Waals surface area (Å²) in [4.78, 5) is 3.39. The quantitative estimate of drug-likeness (QED) is 0.413. The molecule has 1 aromatic heterocycles. The van der Waals surface area contributed by atoms with Gasteiger partial charge in [0.2, 0.25) is 6.39 Å². The Balaban J connectivity index is 2.93. The van der Waals surface area contributed by atoms with Crippen molar-refractivity contribution in [1.82, 2.24) is 10.2 Å². The normalized spacial score (nSPS) is 8.00. The summed E-state index contributed by atoms with van der Waals surface area (Å²) in [6.07, 6.45) is 1.17.